The summed E-state index contributed by atoms with van der Waals surface area (Å²) in [7, 11) is 0. The molecule has 2 N–H and O–H groups in total. The van der Waals surface area contributed by atoms with Crippen molar-refractivity contribution in [2.45, 2.75) is 32.8 Å². The molecular formula is C15H20N2O3. The van der Waals surface area contributed by atoms with Crippen LogP contribution in [0.4, 0.5) is 5.69 Å². The maximum atomic E-state index is 12.2. The molecule has 0 atom stereocenters. The first kappa shape index (κ1) is 14.5. The number of imide groups is 1. The van der Waals surface area contributed by atoms with Crippen molar-refractivity contribution < 1.29 is 14.3 Å². The number of hydrogen-bond donors (Lipinski definition) is 1. The number of benzene rings is 1. The molecule has 0 spiro atoms. The zero-order valence-corrected chi connectivity index (χ0v) is 11.9. The van der Waals surface area contributed by atoms with E-state index in [-0.39, 0.29) is 17.9 Å². The van der Waals surface area contributed by atoms with Gasteiger partial charge in [-0.15, -0.1) is 0 Å². The second kappa shape index (κ2) is 6.05. The van der Waals surface area contributed by atoms with Crippen LogP contribution in [0.1, 0.15) is 47.4 Å². The minimum Gasteiger partial charge on any atom is -0.398 e. The highest BCUT2D eigenvalue weighted by atomic mass is 16.5. The standard InChI is InChI=1S/C15H20N2O3/c1-10(2)20-9-4-3-8-17-14(18)11-6-5-7-12(16)13(11)15(17)19/h5-7,10H,3-4,8-9,16H2,1-2H3. The lowest BCUT2D eigenvalue weighted by molar-refractivity contribution is 0.0611. The van der Waals surface area contributed by atoms with Gasteiger partial charge in [-0.25, -0.2) is 0 Å². The van der Waals surface area contributed by atoms with Crippen LogP contribution in [0.25, 0.3) is 0 Å². The first-order valence-corrected chi connectivity index (χ1v) is 6.88. The van der Waals surface area contributed by atoms with Gasteiger partial charge in [-0.05, 0) is 38.8 Å². The fourth-order valence-electron chi connectivity index (χ4n) is 2.25. The number of anilines is 1. The zero-order valence-electron chi connectivity index (χ0n) is 11.9. The lowest BCUT2D eigenvalue weighted by Gasteiger charge is -2.14. The summed E-state index contributed by atoms with van der Waals surface area (Å²) < 4.78 is 5.43. The van der Waals surface area contributed by atoms with Crippen molar-refractivity contribution in [2.24, 2.45) is 0 Å². The van der Waals surface area contributed by atoms with Gasteiger partial charge in [0, 0.05) is 18.8 Å². The topological polar surface area (TPSA) is 72.6 Å². The second-order valence-corrected chi connectivity index (χ2v) is 5.16. The summed E-state index contributed by atoms with van der Waals surface area (Å²) >= 11 is 0. The van der Waals surface area contributed by atoms with E-state index in [0.717, 1.165) is 12.8 Å². The van der Waals surface area contributed by atoms with Crippen LogP contribution in [-0.4, -0.2) is 36.0 Å². The second-order valence-electron chi connectivity index (χ2n) is 5.16. The Morgan fingerprint density at radius 2 is 1.95 bits per heavy atom. The average Bonchev–Trinajstić information content (AvgIpc) is 2.64. The van der Waals surface area contributed by atoms with Gasteiger partial charge in [0.1, 0.15) is 0 Å². The first-order chi connectivity index (χ1) is 9.52. The number of carbonyl (C=O) groups excluding carboxylic acids is 2. The summed E-state index contributed by atoms with van der Waals surface area (Å²) in [5.74, 6) is -0.532. The van der Waals surface area contributed by atoms with Gasteiger partial charge in [0.05, 0.1) is 17.2 Å². The average molecular weight is 276 g/mol. The van der Waals surface area contributed by atoms with E-state index in [2.05, 4.69) is 0 Å². The zero-order chi connectivity index (χ0) is 14.7. The highest BCUT2D eigenvalue weighted by Gasteiger charge is 2.36. The minimum atomic E-state index is -0.284. The Balaban J connectivity index is 1.94. The van der Waals surface area contributed by atoms with E-state index >= 15 is 0 Å². The van der Waals surface area contributed by atoms with Gasteiger partial charge in [0.2, 0.25) is 0 Å². The van der Waals surface area contributed by atoms with Crippen LogP contribution in [0.15, 0.2) is 18.2 Å². The molecule has 1 aliphatic rings. The molecule has 0 fully saturated rings. The molecule has 0 saturated heterocycles. The van der Waals surface area contributed by atoms with Crippen LogP contribution in [0.2, 0.25) is 0 Å². The largest absolute Gasteiger partial charge is 0.398 e. The van der Waals surface area contributed by atoms with Crippen molar-refractivity contribution >= 4 is 17.5 Å². The Labute approximate surface area is 118 Å². The molecule has 5 nitrogen and oxygen atoms in total. The number of fused-ring (bicyclic) bond motifs is 1. The summed E-state index contributed by atoms with van der Waals surface area (Å²) in [4.78, 5) is 25.6. The SMILES string of the molecule is CC(C)OCCCCN1C(=O)c2cccc(N)c2C1=O. The molecule has 5 heteroatoms. The fraction of sp³-hybridized carbons (Fsp3) is 0.467. The van der Waals surface area contributed by atoms with E-state index in [4.69, 9.17) is 10.5 Å². The molecule has 0 bridgehead atoms. The Morgan fingerprint density at radius 1 is 1.20 bits per heavy atom. The molecule has 0 aromatic heterocycles. The van der Waals surface area contributed by atoms with Gasteiger partial charge in [-0.1, -0.05) is 6.07 Å². The lowest BCUT2D eigenvalue weighted by atomic mass is 10.1. The number of nitrogens with two attached hydrogens (primary N) is 1. The van der Waals surface area contributed by atoms with Crippen molar-refractivity contribution in [3.05, 3.63) is 29.3 Å². The highest BCUT2D eigenvalue weighted by Crippen LogP contribution is 2.27. The van der Waals surface area contributed by atoms with E-state index in [9.17, 15) is 9.59 Å². The third-order valence-corrected chi connectivity index (χ3v) is 3.26. The number of hydrogen-bond acceptors (Lipinski definition) is 4. The molecule has 0 aliphatic carbocycles. The van der Waals surface area contributed by atoms with Crippen LogP contribution in [0.5, 0.6) is 0 Å². The predicted molar refractivity (Wildman–Crippen MR) is 76.5 cm³/mol. The fourth-order valence-corrected chi connectivity index (χ4v) is 2.25. The van der Waals surface area contributed by atoms with Crippen molar-refractivity contribution in [2.75, 3.05) is 18.9 Å². The molecule has 1 aliphatic heterocycles. The summed E-state index contributed by atoms with van der Waals surface area (Å²) in [6, 6.07) is 4.98. The van der Waals surface area contributed by atoms with Crippen LogP contribution < -0.4 is 5.73 Å². The van der Waals surface area contributed by atoms with Crippen molar-refractivity contribution in [1.82, 2.24) is 4.90 Å². The maximum absolute atomic E-state index is 12.2. The summed E-state index contributed by atoms with van der Waals surface area (Å²) in [5.41, 5.74) is 6.90. The molecule has 20 heavy (non-hydrogen) atoms. The third-order valence-electron chi connectivity index (χ3n) is 3.26. The normalized spacial score (nSPS) is 14.2. The Bertz CT molecular complexity index is 526. The monoisotopic (exact) mass is 276 g/mol. The molecule has 1 aromatic carbocycles. The van der Waals surface area contributed by atoms with E-state index < -0.39 is 0 Å². The van der Waals surface area contributed by atoms with Gasteiger partial charge in [-0.2, -0.15) is 0 Å². The molecule has 0 saturated carbocycles. The number of nitrogen functional groups attached to an aromatic ring is 1. The van der Waals surface area contributed by atoms with E-state index in [0.29, 0.717) is 30.0 Å². The summed E-state index contributed by atoms with van der Waals surface area (Å²) in [5, 5.41) is 0. The van der Waals surface area contributed by atoms with E-state index in [1.165, 1.54) is 4.90 Å². The van der Waals surface area contributed by atoms with Gasteiger partial charge in [0.25, 0.3) is 11.8 Å². The van der Waals surface area contributed by atoms with Gasteiger partial charge in [-0.3, -0.25) is 14.5 Å². The maximum Gasteiger partial charge on any atom is 0.263 e. The highest BCUT2D eigenvalue weighted by molar-refractivity contribution is 6.23. The van der Waals surface area contributed by atoms with Crippen molar-refractivity contribution in [1.29, 1.82) is 0 Å². The number of amides is 2. The molecule has 108 valence electrons. The van der Waals surface area contributed by atoms with Gasteiger partial charge < -0.3 is 10.5 Å². The molecule has 2 rings (SSSR count). The predicted octanol–water partition coefficient (Wildman–Crippen LogP) is 2.07. The molecular weight excluding hydrogens is 256 g/mol. The van der Waals surface area contributed by atoms with Crippen LogP contribution >= 0.6 is 0 Å². The van der Waals surface area contributed by atoms with Crippen LogP contribution in [0, 0.1) is 0 Å². The first-order valence-electron chi connectivity index (χ1n) is 6.88. The number of nitrogens with zero attached hydrogens (tertiary/aromatic N) is 1. The van der Waals surface area contributed by atoms with Crippen molar-refractivity contribution in [3.63, 3.8) is 0 Å². The number of ether oxygens (including phenoxy) is 1. The third kappa shape index (κ3) is 2.82. The van der Waals surface area contributed by atoms with E-state index in [1.807, 2.05) is 13.8 Å². The lowest BCUT2D eigenvalue weighted by Crippen LogP contribution is -2.31. The molecule has 2 amide bonds. The number of rotatable bonds is 6. The Kier molecular flexibility index (Phi) is 4.39. The summed E-state index contributed by atoms with van der Waals surface area (Å²) in [6.07, 6.45) is 1.76. The molecule has 1 aromatic rings. The van der Waals surface area contributed by atoms with Gasteiger partial charge >= 0.3 is 0 Å². The van der Waals surface area contributed by atoms with Gasteiger partial charge in [0.15, 0.2) is 0 Å². The van der Waals surface area contributed by atoms with E-state index in [1.54, 1.807) is 18.2 Å². The Hall–Kier alpha value is -1.88. The number of carbonyl (C=O) groups is 2. The quantitative estimate of drug-likeness (QED) is 0.490. The molecule has 1 heterocycles. The van der Waals surface area contributed by atoms with Crippen LogP contribution in [0.3, 0.4) is 0 Å². The summed E-state index contributed by atoms with van der Waals surface area (Å²) in [6.45, 7) is 5.01. The van der Waals surface area contributed by atoms with Crippen molar-refractivity contribution in [3.8, 4) is 0 Å². The van der Waals surface area contributed by atoms with Crippen LogP contribution in [-0.2, 0) is 4.74 Å². The number of unbranched alkanes of at least 4 members (excludes halogenated alkanes) is 1. The minimum absolute atomic E-state index is 0.203. The molecule has 0 radical (unpaired) electrons. The Morgan fingerprint density at radius 3 is 2.60 bits per heavy atom. The smallest absolute Gasteiger partial charge is 0.263 e. The molecule has 0 unspecified atom stereocenters.